The van der Waals surface area contributed by atoms with E-state index in [1.165, 1.54) is 25.9 Å². The average molecular weight is 98.2 g/mol. The van der Waals surface area contributed by atoms with Crippen LogP contribution in [-0.2, 0) is 0 Å². The number of rotatable bonds is 0. The minimum atomic E-state index is 1.23. The minimum Gasteiger partial charge on any atom is -0.327 e. The molecule has 0 aromatic heterocycles. The standard InChI is InChI=1S/C4H8NSi/c6-5-3-1-2-4-5/h1-4H2. The van der Waals surface area contributed by atoms with Gasteiger partial charge in [-0.1, -0.05) is 0 Å². The molecule has 0 aromatic rings. The molecule has 1 heterocycles. The molecule has 3 radical (unpaired) electrons. The maximum absolute atomic E-state index is 3.42. The summed E-state index contributed by atoms with van der Waals surface area (Å²) in [6, 6.07) is 0. The van der Waals surface area contributed by atoms with Gasteiger partial charge in [-0.15, -0.1) is 0 Å². The van der Waals surface area contributed by atoms with Crippen LogP contribution in [0.4, 0.5) is 0 Å². The lowest BCUT2D eigenvalue weighted by molar-refractivity contribution is 0.565. The Hall–Kier alpha value is 0.177. The van der Waals surface area contributed by atoms with Crippen molar-refractivity contribution >= 4 is 10.4 Å². The minimum absolute atomic E-state index is 1.23. The Balaban J connectivity index is 2.18. The summed E-state index contributed by atoms with van der Waals surface area (Å²) in [5, 5.41) is 0. The molecular formula is C4H8NSi. The summed E-state index contributed by atoms with van der Waals surface area (Å²) < 4.78 is 2.17. The highest BCUT2D eigenvalue weighted by Crippen LogP contribution is 2.01. The summed E-state index contributed by atoms with van der Waals surface area (Å²) in [6.07, 6.45) is 2.73. The lowest BCUT2D eigenvalue weighted by Crippen LogP contribution is -2.13. The van der Waals surface area contributed by atoms with Gasteiger partial charge in [-0.05, 0) is 25.9 Å². The maximum atomic E-state index is 3.42. The molecule has 0 saturated carbocycles. The topological polar surface area (TPSA) is 3.24 Å². The van der Waals surface area contributed by atoms with Gasteiger partial charge >= 0.3 is 0 Å². The maximum Gasteiger partial charge on any atom is 0.143 e. The Bertz CT molecular complexity index is 40.8. The van der Waals surface area contributed by atoms with Crippen molar-refractivity contribution in [2.24, 2.45) is 0 Å². The van der Waals surface area contributed by atoms with E-state index in [4.69, 9.17) is 0 Å². The summed E-state index contributed by atoms with van der Waals surface area (Å²) in [7, 11) is 3.42. The fourth-order valence-corrected chi connectivity index (χ4v) is 1.03. The molecule has 0 atom stereocenters. The van der Waals surface area contributed by atoms with Gasteiger partial charge in [-0.2, -0.15) is 0 Å². The molecule has 6 heavy (non-hydrogen) atoms. The Morgan fingerprint density at radius 1 is 1.17 bits per heavy atom. The molecule has 0 unspecified atom stereocenters. The van der Waals surface area contributed by atoms with Gasteiger partial charge in [-0.3, -0.25) is 0 Å². The first-order valence-corrected chi connectivity index (χ1v) is 2.80. The molecule has 0 bridgehead atoms. The first-order chi connectivity index (χ1) is 2.89. The third kappa shape index (κ3) is 0.818. The van der Waals surface area contributed by atoms with Crippen LogP contribution in [0.1, 0.15) is 12.8 Å². The zero-order valence-corrected chi connectivity index (χ0v) is 4.78. The highest BCUT2D eigenvalue weighted by Gasteiger charge is 2.03. The van der Waals surface area contributed by atoms with Crippen LogP contribution in [-0.4, -0.2) is 28.1 Å². The molecule has 1 aliphatic rings. The van der Waals surface area contributed by atoms with E-state index in [9.17, 15) is 0 Å². The van der Waals surface area contributed by atoms with Crippen LogP contribution in [0.3, 0.4) is 0 Å². The molecule has 33 valence electrons. The average Bonchev–Trinajstić information content (AvgIpc) is 1.86. The molecule has 1 aliphatic heterocycles. The predicted molar refractivity (Wildman–Crippen MR) is 26.6 cm³/mol. The van der Waals surface area contributed by atoms with Crippen molar-refractivity contribution in [2.45, 2.75) is 12.8 Å². The molecule has 0 amide bonds. The molecule has 0 aliphatic carbocycles. The fourth-order valence-electron chi connectivity index (χ4n) is 0.717. The van der Waals surface area contributed by atoms with Crippen LogP contribution >= 0.6 is 0 Å². The van der Waals surface area contributed by atoms with Gasteiger partial charge in [0.05, 0.1) is 0 Å². The number of nitrogens with zero attached hydrogens (tertiary/aromatic N) is 1. The van der Waals surface area contributed by atoms with E-state index in [0.717, 1.165) is 0 Å². The van der Waals surface area contributed by atoms with Gasteiger partial charge < -0.3 is 4.57 Å². The van der Waals surface area contributed by atoms with Crippen LogP contribution in [0.5, 0.6) is 0 Å². The van der Waals surface area contributed by atoms with Gasteiger partial charge in [0.25, 0.3) is 0 Å². The quantitative estimate of drug-likeness (QED) is 0.390. The highest BCUT2D eigenvalue weighted by molar-refractivity contribution is 6.04. The number of hydrogen-bond donors (Lipinski definition) is 0. The molecule has 1 rings (SSSR count). The Kier molecular flexibility index (Phi) is 1.27. The zero-order chi connectivity index (χ0) is 4.41. The molecule has 1 nitrogen and oxygen atoms in total. The third-order valence-electron chi connectivity index (χ3n) is 1.11. The van der Waals surface area contributed by atoms with Gasteiger partial charge in [0.2, 0.25) is 0 Å². The fraction of sp³-hybridized carbons (Fsp3) is 1.00. The highest BCUT2D eigenvalue weighted by atomic mass is 28.2. The SMILES string of the molecule is [Si]N1CCCC1. The zero-order valence-electron chi connectivity index (χ0n) is 3.78. The van der Waals surface area contributed by atoms with E-state index in [0.29, 0.717) is 0 Å². The summed E-state index contributed by atoms with van der Waals surface area (Å²) in [5.41, 5.74) is 0. The molecule has 2 heteroatoms. The van der Waals surface area contributed by atoms with E-state index in [-0.39, 0.29) is 0 Å². The third-order valence-corrected chi connectivity index (χ3v) is 1.55. The van der Waals surface area contributed by atoms with E-state index in [1.807, 2.05) is 0 Å². The van der Waals surface area contributed by atoms with Crippen LogP contribution in [0, 0.1) is 0 Å². The van der Waals surface area contributed by atoms with Gasteiger partial charge in [-0.25, -0.2) is 0 Å². The van der Waals surface area contributed by atoms with Crippen molar-refractivity contribution in [3.05, 3.63) is 0 Å². The van der Waals surface area contributed by atoms with E-state index in [2.05, 4.69) is 15.0 Å². The number of hydrogen-bond acceptors (Lipinski definition) is 1. The lowest BCUT2D eigenvalue weighted by atomic mass is 10.4. The Labute approximate surface area is 41.8 Å². The second-order valence-corrected chi connectivity index (χ2v) is 2.33. The smallest absolute Gasteiger partial charge is 0.143 e. The van der Waals surface area contributed by atoms with Crippen molar-refractivity contribution in [2.75, 3.05) is 13.1 Å². The normalized spacial score (nSPS) is 25.5. The van der Waals surface area contributed by atoms with Crippen LogP contribution in [0.2, 0.25) is 0 Å². The molecule has 0 aromatic carbocycles. The van der Waals surface area contributed by atoms with Gasteiger partial charge in [0.15, 0.2) is 0 Å². The molecular weight excluding hydrogens is 90.1 g/mol. The summed E-state index contributed by atoms with van der Waals surface area (Å²) in [6.45, 7) is 2.47. The second-order valence-electron chi connectivity index (χ2n) is 1.69. The largest absolute Gasteiger partial charge is 0.327 e. The van der Waals surface area contributed by atoms with Crippen LogP contribution in [0.25, 0.3) is 0 Å². The van der Waals surface area contributed by atoms with E-state index >= 15 is 0 Å². The van der Waals surface area contributed by atoms with Gasteiger partial charge in [0, 0.05) is 0 Å². The Morgan fingerprint density at radius 3 is 1.83 bits per heavy atom. The van der Waals surface area contributed by atoms with Crippen molar-refractivity contribution in [1.29, 1.82) is 0 Å². The van der Waals surface area contributed by atoms with Crippen molar-refractivity contribution < 1.29 is 0 Å². The van der Waals surface area contributed by atoms with Crippen LogP contribution < -0.4 is 0 Å². The van der Waals surface area contributed by atoms with Crippen LogP contribution in [0.15, 0.2) is 0 Å². The Morgan fingerprint density at radius 2 is 1.67 bits per heavy atom. The predicted octanol–water partition coefficient (Wildman–Crippen LogP) is 0.166. The molecule has 0 N–H and O–H groups in total. The van der Waals surface area contributed by atoms with Crippen molar-refractivity contribution in [3.63, 3.8) is 0 Å². The lowest BCUT2D eigenvalue weighted by Gasteiger charge is -2.00. The first-order valence-electron chi connectivity index (χ1n) is 2.36. The molecule has 0 spiro atoms. The van der Waals surface area contributed by atoms with Gasteiger partial charge in [0.1, 0.15) is 10.4 Å². The van der Waals surface area contributed by atoms with E-state index < -0.39 is 0 Å². The molecule has 1 saturated heterocycles. The van der Waals surface area contributed by atoms with Crippen molar-refractivity contribution in [3.8, 4) is 0 Å². The van der Waals surface area contributed by atoms with E-state index in [1.54, 1.807) is 0 Å². The summed E-state index contributed by atoms with van der Waals surface area (Å²) in [5.74, 6) is 0. The summed E-state index contributed by atoms with van der Waals surface area (Å²) in [4.78, 5) is 0. The summed E-state index contributed by atoms with van der Waals surface area (Å²) >= 11 is 0. The van der Waals surface area contributed by atoms with Crippen molar-refractivity contribution in [1.82, 2.24) is 4.57 Å². The monoisotopic (exact) mass is 98.0 g/mol. The first kappa shape index (κ1) is 4.34. The molecule has 1 fully saturated rings. The second kappa shape index (κ2) is 1.75.